The van der Waals surface area contributed by atoms with E-state index in [9.17, 15) is 14.4 Å². The van der Waals surface area contributed by atoms with Crippen molar-refractivity contribution in [3.63, 3.8) is 0 Å². The Balaban J connectivity index is 1.47. The number of nitrogens with zero attached hydrogens (tertiary/aromatic N) is 2. The van der Waals surface area contributed by atoms with Crippen LogP contribution in [-0.2, 0) is 20.9 Å². The standard InChI is InChI=1S/C18H23N3O4/c1-25-16-5-3-2-4-13(16)11-19-17(23)14-10-15(14)18(24)21-8-6-20(12-22)7-9-21/h2-5,12,14-15H,6-11H2,1H3,(H,19,23). The summed E-state index contributed by atoms with van der Waals surface area (Å²) in [5, 5.41) is 2.90. The van der Waals surface area contributed by atoms with Crippen LogP contribution in [0.15, 0.2) is 24.3 Å². The Morgan fingerprint density at radius 2 is 1.92 bits per heavy atom. The first-order chi connectivity index (χ1) is 12.1. The monoisotopic (exact) mass is 345 g/mol. The second kappa shape index (κ2) is 7.55. The van der Waals surface area contributed by atoms with E-state index < -0.39 is 0 Å². The van der Waals surface area contributed by atoms with Gasteiger partial charge in [-0.15, -0.1) is 0 Å². The first-order valence-electron chi connectivity index (χ1n) is 8.51. The van der Waals surface area contributed by atoms with Crippen molar-refractivity contribution in [3.05, 3.63) is 29.8 Å². The van der Waals surface area contributed by atoms with Crippen LogP contribution >= 0.6 is 0 Å². The van der Waals surface area contributed by atoms with Crippen molar-refractivity contribution in [2.24, 2.45) is 11.8 Å². The largest absolute Gasteiger partial charge is 0.496 e. The van der Waals surface area contributed by atoms with E-state index in [0.29, 0.717) is 39.1 Å². The molecular weight excluding hydrogens is 322 g/mol. The van der Waals surface area contributed by atoms with Gasteiger partial charge in [0.15, 0.2) is 0 Å². The average molecular weight is 345 g/mol. The van der Waals surface area contributed by atoms with Gasteiger partial charge in [-0.05, 0) is 12.5 Å². The highest BCUT2D eigenvalue weighted by molar-refractivity contribution is 5.92. The maximum Gasteiger partial charge on any atom is 0.226 e. The molecule has 2 atom stereocenters. The lowest BCUT2D eigenvalue weighted by molar-refractivity contribution is -0.137. The summed E-state index contributed by atoms with van der Waals surface area (Å²) in [6.07, 6.45) is 1.41. The van der Waals surface area contributed by atoms with Gasteiger partial charge < -0.3 is 19.9 Å². The number of hydrogen-bond donors (Lipinski definition) is 1. The van der Waals surface area contributed by atoms with E-state index in [0.717, 1.165) is 17.7 Å². The summed E-state index contributed by atoms with van der Waals surface area (Å²) in [5.41, 5.74) is 0.909. The summed E-state index contributed by atoms with van der Waals surface area (Å²) < 4.78 is 5.27. The third-order valence-electron chi connectivity index (χ3n) is 4.87. The Hall–Kier alpha value is -2.57. The third kappa shape index (κ3) is 3.92. The van der Waals surface area contributed by atoms with E-state index >= 15 is 0 Å². The highest BCUT2D eigenvalue weighted by atomic mass is 16.5. The van der Waals surface area contributed by atoms with E-state index in [2.05, 4.69) is 5.32 Å². The molecule has 1 aliphatic carbocycles. The first-order valence-corrected chi connectivity index (χ1v) is 8.51. The fourth-order valence-corrected chi connectivity index (χ4v) is 3.20. The number of carbonyl (C=O) groups is 3. The van der Waals surface area contributed by atoms with Gasteiger partial charge in [0.25, 0.3) is 0 Å². The van der Waals surface area contributed by atoms with Gasteiger partial charge in [-0.3, -0.25) is 14.4 Å². The molecule has 25 heavy (non-hydrogen) atoms. The number of amides is 3. The van der Waals surface area contributed by atoms with Crippen molar-refractivity contribution >= 4 is 18.2 Å². The number of hydrogen-bond acceptors (Lipinski definition) is 4. The van der Waals surface area contributed by atoms with E-state index in [1.165, 1.54) is 0 Å². The highest BCUT2D eigenvalue weighted by Crippen LogP contribution is 2.40. The van der Waals surface area contributed by atoms with Gasteiger partial charge in [-0.2, -0.15) is 0 Å². The van der Waals surface area contributed by atoms with E-state index in [1.807, 2.05) is 24.3 Å². The number of carbonyl (C=O) groups excluding carboxylic acids is 3. The number of ether oxygens (including phenoxy) is 1. The molecular formula is C18H23N3O4. The molecule has 0 aromatic heterocycles. The Bertz CT molecular complexity index is 655. The zero-order valence-electron chi connectivity index (χ0n) is 14.3. The average Bonchev–Trinajstić information content (AvgIpc) is 3.46. The molecule has 1 heterocycles. The van der Waals surface area contributed by atoms with Crippen molar-refractivity contribution in [1.29, 1.82) is 0 Å². The minimum atomic E-state index is -0.244. The van der Waals surface area contributed by atoms with E-state index in [4.69, 9.17) is 4.74 Å². The van der Waals surface area contributed by atoms with Crippen LogP contribution in [0.25, 0.3) is 0 Å². The molecule has 0 spiro atoms. The van der Waals surface area contributed by atoms with Gasteiger partial charge in [0.1, 0.15) is 5.75 Å². The minimum absolute atomic E-state index is 0.0305. The normalized spacial score (nSPS) is 22.3. The maximum atomic E-state index is 12.5. The van der Waals surface area contributed by atoms with Crippen molar-refractivity contribution in [3.8, 4) is 5.75 Å². The molecule has 0 bridgehead atoms. The van der Waals surface area contributed by atoms with Crippen molar-refractivity contribution < 1.29 is 19.1 Å². The molecule has 2 fully saturated rings. The van der Waals surface area contributed by atoms with Crippen LogP contribution in [0.4, 0.5) is 0 Å². The van der Waals surface area contributed by atoms with Crippen LogP contribution in [0.3, 0.4) is 0 Å². The summed E-state index contributed by atoms with van der Waals surface area (Å²) >= 11 is 0. The number of methoxy groups -OCH3 is 1. The van der Waals surface area contributed by atoms with Gasteiger partial charge in [-0.1, -0.05) is 18.2 Å². The summed E-state index contributed by atoms with van der Waals surface area (Å²) in [6.45, 7) is 2.60. The lowest BCUT2D eigenvalue weighted by Gasteiger charge is -2.32. The second-order valence-corrected chi connectivity index (χ2v) is 6.45. The van der Waals surface area contributed by atoms with E-state index in [-0.39, 0.29) is 23.7 Å². The molecule has 3 rings (SSSR count). The summed E-state index contributed by atoms with van der Waals surface area (Å²) in [5.74, 6) is 0.213. The fraction of sp³-hybridized carbons (Fsp3) is 0.500. The molecule has 134 valence electrons. The number of piperazine rings is 1. The number of benzene rings is 1. The Morgan fingerprint density at radius 3 is 2.60 bits per heavy atom. The quantitative estimate of drug-likeness (QED) is 0.750. The maximum absolute atomic E-state index is 12.5. The Kier molecular flexibility index (Phi) is 5.21. The van der Waals surface area contributed by atoms with Gasteiger partial charge in [0.05, 0.1) is 18.9 Å². The molecule has 1 saturated heterocycles. The van der Waals surface area contributed by atoms with Crippen LogP contribution in [0.1, 0.15) is 12.0 Å². The summed E-state index contributed by atoms with van der Waals surface area (Å²) in [4.78, 5) is 38.9. The summed E-state index contributed by atoms with van der Waals surface area (Å²) in [7, 11) is 1.60. The molecule has 2 unspecified atom stereocenters. The predicted octanol–water partition coefficient (Wildman–Crippen LogP) is 0.248. The summed E-state index contributed by atoms with van der Waals surface area (Å²) in [6, 6.07) is 7.53. The molecule has 7 nitrogen and oxygen atoms in total. The molecule has 7 heteroatoms. The van der Waals surface area contributed by atoms with Crippen LogP contribution in [0, 0.1) is 11.8 Å². The molecule has 1 aromatic rings. The fourth-order valence-electron chi connectivity index (χ4n) is 3.20. The molecule has 1 aliphatic heterocycles. The van der Waals surface area contributed by atoms with E-state index in [1.54, 1.807) is 16.9 Å². The third-order valence-corrected chi connectivity index (χ3v) is 4.87. The Labute approximate surface area is 146 Å². The van der Waals surface area contributed by atoms with Gasteiger partial charge in [0.2, 0.25) is 18.2 Å². The highest BCUT2D eigenvalue weighted by Gasteiger charge is 2.49. The number of nitrogens with one attached hydrogen (secondary N) is 1. The molecule has 0 radical (unpaired) electrons. The molecule has 3 amide bonds. The zero-order chi connectivity index (χ0) is 17.8. The van der Waals surface area contributed by atoms with Crippen molar-refractivity contribution in [1.82, 2.24) is 15.1 Å². The van der Waals surface area contributed by atoms with Gasteiger partial charge >= 0.3 is 0 Å². The molecule has 2 aliphatic rings. The number of rotatable bonds is 6. The zero-order valence-corrected chi connectivity index (χ0v) is 14.3. The Morgan fingerprint density at radius 1 is 1.20 bits per heavy atom. The molecule has 1 N–H and O–H groups in total. The van der Waals surface area contributed by atoms with Crippen molar-refractivity contribution in [2.75, 3.05) is 33.3 Å². The minimum Gasteiger partial charge on any atom is -0.496 e. The van der Waals surface area contributed by atoms with Gasteiger partial charge in [0, 0.05) is 38.3 Å². The molecule has 1 saturated carbocycles. The van der Waals surface area contributed by atoms with Gasteiger partial charge in [-0.25, -0.2) is 0 Å². The van der Waals surface area contributed by atoms with Crippen LogP contribution in [-0.4, -0.2) is 61.3 Å². The van der Waals surface area contributed by atoms with Crippen molar-refractivity contribution in [2.45, 2.75) is 13.0 Å². The lowest BCUT2D eigenvalue weighted by atomic mass is 10.2. The predicted molar refractivity (Wildman–Crippen MR) is 90.7 cm³/mol. The lowest BCUT2D eigenvalue weighted by Crippen LogP contribution is -2.48. The van der Waals surface area contributed by atoms with Crippen LogP contribution < -0.4 is 10.1 Å². The smallest absolute Gasteiger partial charge is 0.226 e. The van der Waals surface area contributed by atoms with Crippen LogP contribution in [0.5, 0.6) is 5.75 Å². The second-order valence-electron chi connectivity index (χ2n) is 6.45. The SMILES string of the molecule is COc1ccccc1CNC(=O)C1CC1C(=O)N1CCN(C=O)CC1. The first kappa shape index (κ1) is 17.3. The van der Waals surface area contributed by atoms with Crippen LogP contribution in [0.2, 0.25) is 0 Å². The number of para-hydroxylation sites is 1. The topological polar surface area (TPSA) is 79.0 Å². The molecule has 1 aromatic carbocycles.